The van der Waals surface area contributed by atoms with Gasteiger partial charge in [-0.1, -0.05) is 36.4 Å². The molecule has 6 heteroatoms. The summed E-state index contributed by atoms with van der Waals surface area (Å²) < 4.78 is 0. The molecule has 1 N–H and O–H groups in total. The summed E-state index contributed by atoms with van der Waals surface area (Å²) in [7, 11) is 0. The number of nitro groups is 1. The van der Waals surface area contributed by atoms with Crippen molar-refractivity contribution in [1.82, 2.24) is 0 Å². The average molecular weight is 347 g/mol. The molecule has 0 amide bonds. The number of para-hydroxylation sites is 1. The first-order chi connectivity index (χ1) is 12.6. The molecule has 1 heterocycles. The fourth-order valence-electron chi connectivity index (χ4n) is 3.38. The zero-order valence-corrected chi connectivity index (χ0v) is 14.0. The average Bonchev–Trinajstić information content (AvgIpc) is 2.67. The Morgan fingerprint density at radius 2 is 1.85 bits per heavy atom. The van der Waals surface area contributed by atoms with Crippen molar-refractivity contribution < 1.29 is 10.0 Å². The van der Waals surface area contributed by atoms with Gasteiger partial charge in [-0.15, -0.1) is 0 Å². The number of aryl methyl sites for hydroxylation is 1. The minimum absolute atomic E-state index is 0.000226. The summed E-state index contributed by atoms with van der Waals surface area (Å²) in [5, 5.41) is 29.2. The Morgan fingerprint density at radius 1 is 1.12 bits per heavy atom. The molecule has 4 rings (SSSR count). The number of hydrazone groups is 1. The molecule has 26 heavy (non-hydrogen) atoms. The number of hydrogen-bond acceptors (Lipinski definition) is 5. The maximum Gasteiger partial charge on any atom is 0.278 e. The molecule has 0 bridgehead atoms. The highest BCUT2D eigenvalue weighted by Gasteiger charge is 2.19. The number of aromatic hydroxyl groups is 1. The number of nitro benzene ring substituents is 1. The summed E-state index contributed by atoms with van der Waals surface area (Å²) in [4.78, 5) is 11.0. The second-order valence-electron chi connectivity index (χ2n) is 6.24. The lowest BCUT2D eigenvalue weighted by Crippen LogP contribution is -2.24. The molecule has 0 saturated carbocycles. The van der Waals surface area contributed by atoms with Crippen LogP contribution in [0.5, 0.6) is 5.75 Å². The van der Waals surface area contributed by atoms with Crippen LogP contribution >= 0.6 is 0 Å². The molecule has 0 aliphatic carbocycles. The summed E-state index contributed by atoms with van der Waals surface area (Å²) in [6, 6.07) is 16.2. The van der Waals surface area contributed by atoms with Crippen molar-refractivity contribution in [3.05, 3.63) is 75.8 Å². The normalized spacial score (nSPS) is 13.9. The fourth-order valence-corrected chi connectivity index (χ4v) is 3.38. The van der Waals surface area contributed by atoms with E-state index in [1.54, 1.807) is 24.3 Å². The standard InChI is InChI=1S/C20H17N3O3/c24-20-15(12-19(23(25)26)16-8-2-3-9-17(16)20)13-21-22-11-5-7-14-6-1-4-10-18(14)22/h1-4,6,8-10,12-13,24H,5,7,11H2. The molecule has 0 spiro atoms. The molecule has 3 aromatic carbocycles. The number of non-ortho nitro benzene ring substituents is 1. The van der Waals surface area contributed by atoms with Crippen LogP contribution in [0.3, 0.4) is 0 Å². The van der Waals surface area contributed by atoms with Crippen molar-refractivity contribution in [3.63, 3.8) is 0 Å². The highest BCUT2D eigenvalue weighted by molar-refractivity contribution is 6.02. The van der Waals surface area contributed by atoms with E-state index < -0.39 is 4.92 Å². The van der Waals surface area contributed by atoms with Crippen molar-refractivity contribution in [2.45, 2.75) is 12.8 Å². The Kier molecular flexibility index (Phi) is 4.01. The Balaban J connectivity index is 1.78. The predicted octanol–water partition coefficient (Wildman–Crippen LogP) is 4.24. The van der Waals surface area contributed by atoms with Gasteiger partial charge in [-0.25, -0.2) is 0 Å². The number of anilines is 1. The van der Waals surface area contributed by atoms with Gasteiger partial charge >= 0.3 is 0 Å². The van der Waals surface area contributed by atoms with Crippen molar-refractivity contribution >= 4 is 28.4 Å². The predicted molar refractivity (Wildman–Crippen MR) is 102 cm³/mol. The first-order valence-electron chi connectivity index (χ1n) is 8.43. The van der Waals surface area contributed by atoms with Gasteiger partial charge in [-0.3, -0.25) is 15.1 Å². The minimum Gasteiger partial charge on any atom is -0.507 e. The molecular weight excluding hydrogens is 330 g/mol. The minimum atomic E-state index is -0.435. The number of phenolic OH excluding ortho intramolecular Hbond substituents is 1. The lowest BCUT2D eigenvalue weighted by molar-refractivity contribution is -0.383. The second-order valence-corrected chi connectivity index (χ2v) is 6.24. The van der Waals surface area contributed by atoms with Gasteiger partial charge in [0.05, 0.1) is 22.2 Å². The summed E-state index contributed by atoms with van der Waals surface area (Å²) in [5.74, 6) is 0.000226. The maximum absolute atomic E-state index is 11.4. The second kappa shape index (κ2) is 6.48. The van der Waals surface area contributed by atoms with Crippen LogP contribution in [-0.4, -0.2) is 22.8 Å². The van der Waals surface area contributed by atoms with Gasteiger partial charge in [-0.2, -0.15) is 5.10 Å². The highest BCUT2D eigenvalue weighted by atomic mass is 16.6. The molecule has 0 unspecified atom stereocenters. The van der Waals surface area contributed by atoms with E-state index in [9.17, 15) is 15.2 Å². The Labute approximate surface area is 150 Å². The van der Waals surface area contributed by atoms with Gasteiger partial charge < -0.3 is 5.11 Å². The fraction of sp³-hybridized carbons (Fsp3) is 0.150. The first-order valence-corrected chi connectivity index (χ1v) is 8.43. The summed E-state index contributed by atoms with van der Waals surface area (Å²) in [6.07, 6.45) is 3.49. The Bertz CT molecular complexity index is 1030. The van der Waals surface area contributed by atoms with E-state index in [1.807, 2.05) is 23.2 Å². The topological polar surface area (TPSA) is 79.0 Å². The molecule has 1 aliphatic heterocycles. The van der Waals surface area contributed by atoms with Crippen molar-refractivity contribution in [2.75, 3.05) is 11.6 Å². The highest BCUT2D eigenvalue weighted by Crippen LogP contribution is 2.35. The molecule has 1 aliphatic rings. The zero-order valence-electron chi connectivity index (χ0n) is 14.0. The third kappa shape index (κ3) is 2.75. The quantitative estimate of drug-likeness (QED) is 0.437. The van der Waals surface area contributed by atoms with E-state index in [4.69, 9.17) is 0 Å². The zero-order chi connectivity index (χ0) is 18.1. The van der Waals surface area contributed by atoms with Gasteiger partial charge in [0.15, 0.2) is 0 Å². The van der Waals surface area contributed by atoms with Gasteiger partial charge in [0, 0.05) is 23.6 Å². The first kappa shape index (κ1) is 16.1. The van der Waals surface area contributed by atoms with Gasteiger partial charge in [0.1, 0.15) is 5.75 Å². The molecule has 0 radical (unpaired) electrons. The largest absolute Gasteiger partial charge is 0.507 e. The monoisotopic (exact) mass is 347 g/mol. The summed E-state index contributed by atoms with van der Waals surface area (Å²) in [5.41, 5.74) is 2.55. The third-order valence-corrected chi connectivity index (χ3v) is 4.64. The van der Waals surface area contributed by atoms with Gasteiger partial charge in [0.25, 0.3) is 5.69 Å². The molecule has 6 nitrogen and oxygen atoms in total. The molecule has 3 aromatic rings. The van der Waals surface area contributed by atoms with Crippen LogP contribution in [0.2, 0.25) is 0 Å². The molecule has 0 aromatic heterocycles. The molecule has 0 saturated heterocycles. The van der Waals surface area contributed by atoms with Crippen LogP contribution in [-0.2, 0) is 6.42 Å². The number of benzene rings is 3. The summed E-state index contributed by atoms with van der Waals surface area (Å²) in [6.45, 7) is 0.768. The molecule has 0 atom stereocenters. The van der Waals surface area contributed by atoms with Crippen LogP contribution in [0.25, 0.3) is 10.8 Å². The van der Waals surface area contributed by atoms with Gasteiger partial charge in [0.2, 0.25) is 0 Å². The van der Waals surface area contributed by atoms with E-state index in [0.29, 0.717) is 16.3 Å². The third-order valence-electron chi connectivity index (χ3n) is 4.64. The molecule has 0 fully saturated rings. The summed E-state index contributed by atoms with van der Waals surface area (Å²) >= 11 is 0. The van der Waals surface area contributed by atoms with E-state index in [0.717, 1.165) is 25.1 Å². The van der Waals surface area contributed by atoms with E-state index in [1.165, 1.54) is 17.8 Å². The number of fused-ring (bicyclic) bond motifs is 2. The van der Waals surface area contributed by atoms with Crippen molar-refractivity contribution in [2.24, 2.45) is 5.10 Å². The van der Waals surface area contributed by atoms with Crippen LogP contribution in [0, 0.1) is 10.1 Å². The SMILES string of the molecule is O=[N+]([O-])c1cc(C=NN2CCCc3ccccc32)c(O)c2ccccc12. The van der Waals surface area contributed by atoms with Crippen molar-refractivity contribution in [1.29, 1.82) is 0 Å². The van der Waals surface area contributed by atoms with Crippen LogP contribution in [0.15, 0.2) is 59.7 Å². The lowest BCUT2D eigenvalue weighted by Gasteiger charge is -2.26. The lowest BCUT2D eigenvalue weighted by atomic mass is 10.0. The Hall–Kier alpha value is -3.41. The number of nitrogens with zero attached hydrogens (tertiary/aromatic N) is 3. The Morgan fingerprint density at radius 3 is 2.65 bits per heavy atom. The van der Waals surface area contributed by atoms with Crippen LogP contribution in [0.1, 0.15) is 17.5 Å². The van der Waals surface area contributed by atoms with E-state index in [-0.39, 0.29) is 11.4 Å². The number of hydrogen-bond donors (Lipinski definition) is 1. The van der Waals surface area contributed by atoms with Crippen molar-refractivity contribution in [3.8, 4) is 5.75 Å². The van der Waals surface area contributed by atoms with E-state index >= 15 is 0 Å². The number of rotatable bonds is 3. The molecule has 130 valence electrons. The van der Waals surface area contributed by atoms with Gasteiger partial charge in [-0.05, 0) is 30.5 Å². The van der Waals surface area contributed by atoms with E-state index in [2.05, 4.69) is 11.2 Å². The smallest absolute Gasteiger partial charge is 0.278 e. The van der Waals surface area contributed by atoms with Crippen LogP contribution in [0.4, 0.5) is 11.4 Å². The molecular formula is C20H17N3O3. The van der Waals surface area contributed by atoms with Crippen LogP contribution < -0.4 is 5.01 Å². The number of phenols is 1. The maximum atomic E-state index is 11.4.